The van der Waals surface area contributed by atoms with Crippen LogP contribution in [0.25, 0.3) is 0 Å². The molecule has 0 aliphatic heterocycles. The van der Waals surface area contributed by atoms with Crippen molar-refractivity contribution in [1.82, 2.24) is 4.90 Å². The lowest BCUT2D eigenvalue weighted by molar-refractivity contribution is -0.129. The van der Waals surface area contributed by atoms with E-state index in [2.05, 4.69) is 19.1 Å². The molecule has 0 bridgehead atoms. The van der Waals surface area contributed by atoms with Crippen molar-refractivity contribution in [2.75, 3.05) is 7.05 Å². The quantitative estimate of drug-likeness (QED) is 0.791. The van der Waals surface area contributed by atoms with Crippen molar-refractivity contribution in [2.24, 2.45) is 0 Å². The molecular formula is C20H25NO4. The molecule has 0 radical (unpaired) electrons. The molecule has 1 aromatic carbocycles. The summed E-state index contributed by atoms with van der Waals surface area (Å²) in [4.78, 5) is 25.0. The van der Waals surface area contributed by atoms with Gasteiger partial charge in [0.25, 0.3) is 0 Å². The minimum Gasteiger partial charge on any atom is -0.478 e. The molecule has 5 heteroatoms. The largest absolute Gasteiger partial charge is 0.478 e. The summed E-state index contributed by atoms with van der Waals surface area (Å²) in [6.45, 7) is 4.03. The number of aryl methyl sites for hydroxylation is 2. The summed E-state index contributed by atoms with van der Waals surface area (Å²) < 4.78 is 5.43. The van der Waals surface area contributed by atoms with Gasteiger partial charge in [0.1, 0.15) is 17.1 Å². The molecule has 0 aliphatic carbocycles. The lowest BCUT2D eigenvalue weighted by Gasteiger charge is -2.16. The topological polar surface area (TPSA) is 70.8 Å². The molecule has 0 atom stereocenters. The molecule has 1 N–H and O–H groups in total. The first-order valence-corrected chi connectivity index (χ1v) is 8.55. The summed E-state index contributed by atoms with van der Waals surface area (Å²) in [6.07, 6.45) is 3.72. The first-order chi connectivity index (χ1) is 11.9. The van der Waals surface area contributed by atoms with Crippen LogP contribution in [0.1, 0.15) is 52.8 Å². The van der Waals surface area contributed by atoms with Gasteiger partial charge in [0.15, 0.2) is 0 Å². The monoisotopic (exact) mass is 343 g/mol. The van der Waals surface area contributed by atoms with Crippen LogP contribution in [0.5, 0.6) is 0 Å². The average molecular weight is 343 g/mol. The fraction of sp³-hybridized carbons (Fsp3) is 0.400. The van der Waals surface area contributed by atoms with Gasteiger partial charge in [-0.2, -0.15) is 0 Å². The first-order valence-electron chi connectivity index (χ1n) is 8.55. The molecule has 0 aliphatic rings. The number of unbranched alkanes of at least 4 members (excludes halogenated alkanes) is 1. The summed E-state index contributed by atoms with van der Waals surface area (Å²) in [7, 11) is 1.69. The zero-order valence-electron chi connectivity index (χ0n) is 15.0. The maximum atomic E-state index is 12.4. The van der Waals surface area contributed by atoms with Crippen molar-refractivity contribution in [3.63, 3.8) is 0 Å². The average Bonchev–Trinajstić information content (AvgIpc) is 2.94. The lowest BCUT2D eigenvalue weighted by atomic mass is 10.0. The normalized spacial score (nSPS) is 10.7. The Balaban J connectivity index is 1.93. The number of furan rings is 1. The van der Waals surface area contributed by atoms with Gasteiger partial charge in [-0.25, -0.2) is 4.79 Å². The zero-order chi connectivity index (χ0) is 18.4. The number of carboxylic acids is 1. The van der Waals surface area contributed by atoms with Crippen LogP contribution in [-0.4, -0.2) is 28.9 Å². The fourth-order valence-corrected chi connectivity index (χ4v) is 2.67. The molecule has 134 valence electrons. The number of carboxylic acid groups (broad SMARTS) is 1. The molecule has 0 spiro atoms. The Bertz CT molecular complexity index is 731. The van der Waals surface area contributed by atoms with E-state index in [1.807, 2.05) is 12.1 Å². The molecule has 1 amide bonds. The Kier molecular flexibility index (Phi) is 6.39. The summed E-state index contributed by atoms with van der Waals surface area (Å²) in [6, 6.07) is 9.62. The van der Waals surface area contributed by atoms with Gasteiger partial charge in [0.05, 0.1) is 13.0 Å². The highest BCUT2D eigenvalue weighted by Gasteiger charge is 2.17. The number of hydrogen-bond donors (Lipinski definition) is 1. The van der Waals surface area contributed by atoms with Crippen LogP contribution < -0.4 is 0 Å². The van der Waals surface area contributed by atoms with E-state index in [-0.39, 0.29) is 18.0 Å². The number of benzene rings is 1. The van der Waals surface area contributed by atoms with Crippen LogP contribution in [-0.2, 0) is 24.2 Å². The minimum atomic E-state index is -1.02. The Morgan fingerprint density at radius 1 is 1.16 bits per heavy atom. The Labute approximate surface area is 148 Å². The molecule has 5 nitrogen and oxygen atoms in total. The molecule has 1 aromatic heterocycles. The summed E-state index contributed by atoms with van der Waals surface area (Å²) >= 11 is 0. The molecule has 0 saturated heterocycles. The standard InChI is InChI=1S/C20H25NO4/c1-4-5-6-15-7-9-16(10-8-15)11-19(22)21(3)13-17-12-18(20(23)24)14(2)25-17/h7-10,12H,4-6,11,13H2,1-3H3,(H,23,24). The second-order valence-electron chi connectivity index (χ2n) is 6.33. The highest BCUT2D eigenvalue weighted by atomic mass is 16.4. The van der Waals surface area contributed by atoms with Crippen LogP contribution in [0.4, 0.5) is 0 Å². The van der Waals surface area contributed by atoms with Crippen molar-refractivity contribution >= 4 is 11.9 Å². The Morgan fingerprint density at radius 2 is 1.80 bits per heavy atom. The second kappa shape index (κ2) is 8.51. The molecule has 25 heavy (non-hydrogen) atoms. The predicted octanol–water partition coefficient (Wildman–Crippen LogP) is 3.83. The SMILES string of the molecule is CCCCc1ccc(CC(=O)N(C)Cc2cc(C(=O)O)c(C)o2)cc1. The van der Waals surface area contributed by atoms with Gasteiger partial charge in [-0.15, -0.1) is 0 Å². The molecule has 0 unspecified atom stereocenters. The highest BCUT2D eigenvalue weighted by Crippen LogP contribution is 2.16. The molecular weight excluding hydrogens is 318 g/mol. The van der Waals surface area contributed by atoms with Crippen molar-refractivity contribution in [1.29, 1.82) is 0 Å². The van der Waals surface area contributed by atoms with Gasteiger partial charge in [-0.3, -0.25) is 4.79 Å². The fourth-order valence-electron chi connectivity index (χ4n) is 2.67. The van der Waals surface area contributed by atoms with Crippen molar-refractivity contribution in [3.8, 4) is 0 Å². The van der Waals surface area contributed by atoms with E-state index in [0.29, 0.717) is 17.9 Å². The molecule has 2 rings (SSSR count). The minimum absolute atomic E-state index is 0.0350. The summed E-state index contributed by atoms with van der Waals surface area (Å²) in [5.74, 6) is -0.233. The Hall–Kier alpha value is -2.56. The third-order valence-electron chi connectivity index (χ3n) is 4.22. The number of rotatable bonds is 8. The smallest absolute Gasteiger partial charge is 0.339 e. The van der Waals surface area contributed by atoms with E-state index in [9.17, 15) is 9.59 Å². The number of carbonyl (C=O) groups excluding carboxylic acids is 1. The maximum Gasteiger partial charge on any atom is 0.339 e. The van der Waals surface area contributed by atoms with Crippen molar-refractivity contribution in [2.45, 2.75) is 46.1 Å². The first kappa shape index (κ1) is 18.8. The van der Waals surface area contributed by atoms with Gasteiger partial charge in [-0.1, -0.05) is 37.6 Å². The van der Waals surface area contributed by atoms with E-state index < -0.39 is 5.97 Å². The molecule has 0 saturated carbocycles. The molecule has 0 fully saturated rings. The van der Waals surface area contributed by atoms with E-state index in [1.165, 1.54) is 24.5 Å². The Morgan fingerprint density at radius 3 is 2.36 bits per heavy atom. The van der Waals surface area contributed by atoms with E-state index in [4.69, 9.17) is 9.52 Å². The zero-order valence-corrected chi connectivity index (χ0v) is 15.0. The number of amides is 1. The van der Waals surface area contributed by atoms with Gasteiger partial charge in [-0.05, 0) is 37.0 Å². The van der Waals surface area contributed by atoms with E-state index >= 15 is 0 Å². The summed E-state index contributed by atoms with van der Waals surface area (Å²) in [5, 5.41) is 9.05. The third kappa shape index (κ3) is 5.21. The maximum absolute atomic E-state index is 12.4. The van der Waals surface area contributed by atoms with Crippen molar-refractivity contribution in [3.05, 3.63) is 58.5 Å². The molecule has 1 heterocycles. The predicted molar refractivity (Wildman–Crippen MR) is 95.6 cm³/mol. The van der Waals surface area contributed by atoms with Crippen LogP contribution in [0.3, 0.4) is 0 Å². The van der Waals surface area contributed by atoms with Gasteiger partial charge >= 0.3 is 5.97 Å². The molecule has 2 aromatic rings. The second-order valence-corrected chi connectivity index (χ2v) is 6.33. The number of likely N-dealkylation sites (N-methyl/N-ethyl adjacent to an activating group) is 1. The number of hydrogen-bond acceptors (Lipinski definition) is 3. The number of nitrogens with zero attached hydrogens (tertiary/aromatic N) is 1. The van der Waals surface area contributed by atoms with Crippen LogP contribution in [0, 0.1) is 6.92 Å². The van der Waals surface area contributed by atoms with Gasteiger partial charge in [0, 0.05) is 7.05 Å². The number of aromatic carboxylic acids is 1. The lowest BCUT2D eigenvalue weighted by Crippen LogP contribution is -2.27. The number of carbonyl (C=O) groups is 2. The van der Waals surface area contributed by atoms with E-state index in [0.717, 1.165) is 12.0 Å². The van der Waals surface area contributed by atoms with Crippen LogP contribution in [0.15, 0.2) is 34.7 Å². The van der Waals surface area contributed by atoms with Crippen LogP contribution in [0.2, 0.25) is 0 Å². The summed E-state index contributed by atoms with van der Waals surface area (Å²) in [5.41, 5.74) is 2.40. The van der Waals surface area contributed by atoms with Gasteiger partial charge < -0.3 is 14.4 Å². The van der Waals surface area contributed by atoms with E-state index in [1.54, 1.807) is 18.9 Å². The van der Waals surface area contributed by atoms with Crippen molar-refractivity contribution < 1.29 is 19.1 Å². The van der Waals surface area contributed by atoms with Gasteiger partial charge in [0.2, 0.25) is 5.91 Å². The van der Waals surface area contributed by atoms with Crippen LogP contribution >= 0.6 is 0 Å². The third-order valence-corrected chi connectivity index (χ3v) is 4.22. The highest BCUT2D eigenvalue weighted by molar-refractivity contribution is 5.88.